The number of benzene rings is 2. The molecule has 2 heterocycles. The van der Waals surface area contributed by atoms with Gasteiger partial charge in [-0.2, -0.15) is 8.61 Å². The van der Waals surface area contributed by atoms with Crippen LogP contribution in [0.4, 0.5) is 10.3 Å². The Hall–Kier alpha value is -3.54. The summed E-state index contributed by atoms with van der Waals surface area (Å²) in [7, 11) is -6.93. The summed E-state index contributed by atoms with van der Waals surface area (Å²) < 4.78 is 53.0. The van der Waals surface area contributed by atoms with Crippen molar-refractivity contribution >= 4 is 64.8 Å². The minimum absolute atomic E-state index is 0. The topological polar surface area (TPSA) is 159 Å². The van der Waals surface area contributed by atoms with E-state index in [0.717, 1.165) is 30.4 Å². The minimum atomic E-state index is -3.47. The lowest BCUT2D eigenvalue weighted by molar-refractivity contribution is -0.120. The van der Waals surface area contributed by atoms with Crippen molar-refractivity contribution in [2.75, 3.05) is 36.8 Å². The molecule has 0 saturated heterocycles. The number of nitrogens with one attached hydrogen (secondary N) is 2. The van der Waals surface area contributed by atoms with Crippen LogP contribution in [0.3, 0.4) is 0 Å². The van der Waals surface area contributed by atoms with Crippen molar-refractivity contribution in [1.82, 2.24) is 18.6 Å². The zero-order chi connectivity index (χ0) is 39.3. The Balaban J connectivity index is 0.000000531. The highest BCUT2D eigenvalue weighted by atomic mass is 32.2. The van der Waals surface area contributed by atoms with E-state index >= 15 is 0 Å². The van der Waals surface area contributed by atoms with Gasteiger partial charge in [-0.25, -0.2) is 26.8 Å². The van der Waals surface area contributed by atoms with E-state index < -0.39 is 20.0 Å². The molecule has 2 aromatic heterocycles. The molecule has 0 fully saturated rings. The summed E-state index contributed by atoms with van der Waals surface area (Å²) >= 11 is 2.72. The smallest absolute Gasteiger partial charge is 0.243 e. The van der Waals surface area contributed by atoms with Crippen molar-refractivity contribution < 1.29 is 29.3 Å². The lowest BCUT2D eigenvalue weighted by Crippen LogP contribution is -2.30. The molecular formula is C37H56N6O6S4. The van der Waals surface area contributed by atoms with Gasteiger partial charge < -0.3 is 10.6 Å². The van der Waals surface area contributed by atoms with Crippen LogP contribution in [-0.4, -0.2) is 73.4 Å². The van der Waals surface area contributed by atoms with Crippen LogP contribution in [0.1, 0.15) is 77.5 Å². The summed E-state index contributed by atoms with van der Waals surface area (Å²) in [5, 5.41) is 10.5. The Morgan fingerprint density at radius 3 is 1.30 bits per heavy atom. The number of rotatable bonds is 17. The largest absolute Gasteiger partial charge is 0.302 e. The number of carbonyl (C=O) groups excluding carboxylic acids is 2. The Kier molecular flexibility index (Phi) is 16.7. The molecule has 0 radical (unpaired) electrons. The SMILES string of the molecule is CCC(CC)C(=O)Nc1nc(-c2ccc(S(=O)(=O)N(CC)CC)cc2)cs1.CC[C@H](C)C(=O)Nc1nc(-c2ccc(S(=O)(=O)N(CC)CC)cc2)cs1.[HH].[HH]. The first-order chi connectivity index (χ1) is 25.2. The Labute approximate surface area is 326 Å². The van der Waals surface area contributed by atoms with E-state index in [4.69, 9.17) is 0 Å². The van der Waals surface area contributed by atoms with Gasteiger partial charge in [0.15, 0.2) is 10.3 Å². The van der Waals surface area contributed by atoms with Crippen molar-refractivity contribution in [3.8, 4) is 22.5 Å². The molecule has 0 aliphatic heterocycles. The summed E-state index contributed by atoms with van der Waals surface area (Å²) in [5.41, 5.74) is 3.05. The van der Waals surface area contributed by atoms with E-state index in [1.165, 1.54) is 31.3 Å². The molecule has 12 nitrogen and oxygen atoms in total. The molecule has 2 amide bonds. The number of nitrogens with zero attached hydrogens (tertiary/aromatic N) is 4. The van der Waals surface area contributed by atoms with Crippen LogP contribution in [0.2, 0.25) is 0 Å². The quantitative estimate of drug-likeness (QED) is 0.107. The van der Waals surface area contributed by atoms with E-state index in [1.807, 2.05) is 66.2 Å². The average molecular weight is 809 g/mol. The maximum absolute atomic E-state index is 12.6. The van der Waals surface area contributed by atoms with Gasteiger partial charge in [0.2, 0.25) is 31.9 Å². The zero-order valence-electron chi connectivity index (χ0n) is 31.7. The number of thiazole rings is 2. The monoisotopic (exact) mass is 808 g/mol. The molecule has 0 saturated carbocycles. The van der Waals surface area contributed by atoms with Crippen LogP contribution in [0, 0.1) is 11.8 Å². The van der Waals surface area contributed by atoms with E-state index in [9.17, 15) is 26.4 Å². The van der Waals surface area contributed by atoms with Gasteiger partial charge in [-0.05, 0) is 43.5 Å². The lowest BCUT2D eigenvalue weighted by Gasteiger charge is -2.18. The highest BCUT2D eigenvalue weighted by molar-refractivity contribution is 7.89. The minimum Gasteiger partial charge on any atom is -0.302 e. The summed E-state index contributed by atoms with van der Waals surface area (Å²) in [4.78, 5) is 33.6. The molecule has 4 rings (SSSR count). The van der Waals surface area contributed by atoms with Crippen molar-refractivity contribution in [2.24, 2.45) is 11.8 Å². The number of hydrogen-bond acceptors (Lipinski definition) is 10. The van der Waals surface area contributed by atoms with Crippen LogP contribution in [-0.2, 0) is 29.6 Å². The van der Waals surface area contributed by atoms with Gasteiger partial charge in [0.25, 0.3) is 0 Å². The van der Waals surface area contributed by atoms with Gasteiger partial charge in [-0.15, -0.1) is 22.7 Å². The molecule has 2 N–H and O–H groups in total. The van der Waals surface area contributed by atoms with Gasteiger partial charge in [0.1, 0.15) is 0 Å². The second-order valence-electron chi connectivity index (χ2n) is 12.1. The van der Waals surface area contributed by atoms with Crippen LogP contribution < -0.4 is 10.6 Å². The molecule has 0 spiro atoms. The van der Waals surface area contributed by atoms with Crippen molar-refractivity contribution in [3.63, 3.8) is 0 Å². The number of amides is 2. The third-order valence-electron chi connectivity index (χ3n) is 8.87. The summed E-state index contributed by atoms with van der Waals surface area (Å²) in [6, 6.07) is 13.4. The molecular weight excluding hydrogens is 753 g/mol. The number of anilines is 2. The van der Waals surface area contributed by atoms with Gasteiger partial charge in [-0.1, -0.05) is 79.7 Å². The molecule has 1 atom stereocenters. The predicted octanol–water partition coefficient (Wildman–Crippen LogP) is 8.53. The number of aromatic nitrogens is 2. The Morgan fingerprint density at radius 1 is 0.623 bits per heavy atom. The van der Waals surface area contributed by atoms with E-state index in [0.29, 0.717) is 47.8 Å². The fraction of sp³-hybridized carbons (Fsp3) is 0.459. The van der Waals surface area contributed by atoms with Crippen LogP contribution in [0.15, 0.2) is 69.1 Å². The molecule has 0 bridgehead atoms. The molecule has 4 aromatic rings. The van der Waals surface area contributed by atoms with Crippen molar-refractivity contribution in [3.05, 3.63) is 59.3 Å². The average Bonchev–Trinajstić information content (AvgIpc) is 3.83. The molecule has 0 aliphatic rings. The summed E-state index contributed by atoms with van der Waals surface area (Å²) in [6.45, 7) is 16.9. The van der Waals surface area contributed by atoms with Crippen LogP contribution in [0.25, 0.3) is 22.5 Å². The number of sulfonamides is 2. The van der Waals surface area contributed by atoms with Crippen LogP contribution >= 0.6 is 22.7 Å². The first-order valence-corrected chi connectivity index (χ1v) is 22.6. The summed E-state index contributed by atoms with van der Waals surface area (Å²) in [6.07, 6.45) is 2.36. The second-order valence-corrected chi connectivity index (χ2v) is 17.7. The van der Waals surface area contributed by atoms with Gasteiger partial charge in [0, 0.05) is 62.8 Å². The standard InChI is InChI=1S/C19H27N3O3S2.C18H25N3O3S2.2H2/c1-5-14(6-2)18(23)21-19-20-17(13-26-19)15-9-11-16(12-10-15)27(24,25)22(7-3)8-4;1-5-13(4)17(22)20-18-19-16(12-25-18)14-8-10-15(11-9-14)26(23,24)21(6-2)7-3;;/h9-14H,5-8H2,1-4H3,(H,20,21,23);8-13H,5-7H2,1-4H3,(H,19,20,22);2*1H/t;13-;;/m.0../s1. The molecule has 53 heavy (non-hydrogen) atoms. The van der Waals surface area contributed by atoms with E-state index in [1.54, 1.807) is 48.5 Å². The fourth-order valence-corrected chi connectivity index (χ4v) is 9.59. The van der Waals surface area contributed by atoms with Gasteiger partial charge >= 0.3 is 0 Å². The summed E-state index contributed by atoms with van der Waals surface area (Å²) in [5.74, 6) is -0.135. The number of carbonyl (C=O) groups is 2. The van der Waals surface area contributed by atoms with E-state index in [-0.39, 0.29) is 36.3 Å². The van der Waals surface area contributed by atoms with Gasteiger partial charge in [0.05, 0.1) is 21.2 Å². The third-order valence-corrected chi connectivity index (χ3v) is 14.5. The van der Waals surface area contributed by atoms with Gasteiger partial charge in [-0.3, -0.25) is 9.59 Å². The van der Waals surface area contributed by atoms with Crippen molar-refractivity contribution in [2.45, 2.75) is 84.4 Å². The Bertz CT molecular complexity index is 2000. The fourth-order valence-electron chi connectivity index (χ4n) is 5.23. The highest BCUT2D eigenvalue weighted by Crippen LogP contribution is 2.29. The molecule has 2 aromatic carbocycles. The second kappa shape index (κ2) is 20.2. The molecule has 0 aliphatic carbocycles. The van der Waals surface area contributed by atoms with E-state index in [2.05, 4.69) is 20.6 Å². The highest BCUT2D eigenvalue weighted by Gasteiger charge is 2.23. The first-order valence-electron chi connectivity index (χ1n) is 17.9. The third kappa shape index (κ3) is 11.2. The first kappa shape index (κ1) is 43.9. The predicted molar refractivity (Wildman–Crippen MR) is 220 cm³/mol. The zero-order valence-corrected chi connectivity index (χ0v) is 35.0. The maximum atomic E-state index is 12.6. The van der Waals surface area contributed by atoms with Crippen LogP contribution in [0.5, 0.6) is 0 Å². The Morgan fingerprint density at radius 2 is 0.981 bits per heavy atom. The number of hydrogen-bond donors (Lipinski definition) is 2. The molecule has 0 unspecified atom stereocenters. The normalized spacial score (nSPS) is 12.4. The van der Waals surface area contributed by atoms with Crippen molar-refractivity contribution in [1.29, 1.82) is 0 Å². The molecule has 294 valence electrons. The lowest BCUT2D eigenvalue weighted by atomic mass is 10.0. The maximum Gasteiger partial charge on any atom is 0.243 e. The molecule has 16 heteroatoms.